The number of alkyl halides is 3. The molecular formula is C13H13BrF3NO4. The molecule has 0 bridgehead atoms. The highest BCUT2D eigenvalue weighted by atomic mass is 79.9. The van der Waals surface area contributed by atoms with Crippen LogP contribution in [-0.2, 0) is 14.3 Å². The van der Waals surface area contributed by atoms with E-state index in [1.807, 2.05) is 0 Å². The van der Waals surface area contributed by atoms with Gasteiger partial charge in [0.15, 0.2) is 6.04 Å². The Labute approximate surface area is 132 Å². The summed E-state index contributed by atoms with van der Waals surface area (Å²) in [6.45, 7) is -0.718. The molecule has 1 atom stereocenters. The van der Waals surface area contributed by atoms with Gasteiger partial charge in [0.05, 0.1) is 6.61 Å². The van der Waals surface area contributed by atoms with Crippen LogP contribution in [0.1, 0.15) is 11.6 Å². The molecule has 1 amide bonds. The number of carboxylic acids is 1. The van der Waals surface area contributed by atoms with Gasteiger partial charge in [0, 0.05) is 18.1 Å². The number of carboxylic acid groups (broad SMARTS) is 1. The maximum absolute atomic E-state index is 12.7. The van der Waals surface area contributed by atoms with Crippen LogP contribution in [0.3, 0.4) is 0 Å². The minimum Gasteiger partial charge on any atom is -0.479 e. The molecule has 0 saturated carbocycles. The molecule has 0 radical (unpaired) electrons. The van der Waals surface area contributed by atoms with E-state index in [1.54, 1.807) is 0 Å². The van der Waals surface area contributed by atoms with Crippen LogP contribution in [0.15, 0.2) is 28.7 Å². The number of rotatable bonds is 6. The molecule has 1 rings (SSSR count). The van der Waals surface area contributed by atoms with Crippen molar-refractivity contribution in [2.75, 3.05) is 20.3 Å². The summed E-state index contributed by atoms with van der Waals surface area (Å²) in [5, 5.41) is 9.27. The first kappa shape index (κ1) is 18.4. The number of hydrogen-bond acceptors (Lipinski definition) is 3. The Balaban J connectivity index is 3.23. The highest BCUT2D eigenvalue weighted by Crippen LogP contribution is 2.28. The summed E-state index contributed by atoms with van der Waals surface area (Å²) in [5.41, 5.74) is 0.0596. The normalized spacial score (nSPS) is 12.8. The lowest BCUT2D eigenvalue weighted by molar-refractivity contribution is -0.190. The van der Waals surface area contributed by atoms with Gasteiger partial charge in [-0.15, -0.1) is 0 Å². The Morgan fingerprint density at radius 2 is 1.86 bits per heavy atom. The second kappa shape index (κ2) is 7.59. The van der Waals surface area contributed by atoms with E-state index in [-0.39, 0.29) is 17.1 Å². The van der Waals surface area contributed by atoms with Gasteiger partial charge in [-0.1, -0.05) is 28.1 Å². The minimum absolute atomic E-state index is 0.0596. The van der Waals surface area contributed by atoms with Crippen LogP contribution in [0.5, 0.6) is 0 Å². The molecule has 0 fully saturated rings. The van der Waals surface area contributed by atoms with Crippen molar-refractivity contribution in [3.05, 3.63) is 34.3 Å². The molecule has 22 heavy (non-hydrogen) atoms. The summed E-state index contributed by atoms with van der Waals surface area (Å²) < 4.78 is 43.4. The van der Waals surface area contributed by atoms with Crippen molar-refractivity contribution >= 4 is 27.8 Å². The van der Waals surface area contributed by atoms with E-state index in [1.165, 1.54) is 31.4 Å². The second-order valence-electron chi connectivity index (χ2n) is 4.28. The first-order valence-corrected chi connectivity index (χ1v) is 6.82. The maximum Gasteiger partial charge on any atom is 0.471 e. The van der Waals surface area contributed by atoms with E-state index < -0.39 is 30.6 Å². The Kier molecular flexibility index (Phi) is 6.36. The van der Waals surface area contributed by atoms with Gasteiger partial charge in [-0.3, -0.25) is 4.79 Å². The Morgan fingerprint density at radius 1 is 1.32 bits per heavy atom. The largest absolute Gasteiger partial charge is 0.479 e. The van der Waals surface area contributed by atoms with Crippen molar-refractivity contribution in [3.8, 4) is 0 Å². The quantitative estimate of drug-likeness (QED) is 0.819. The van der Waals surface area contributed by atoms with Gasteiger partial charge in [0.1, 0.15) is 0 Å². The number of benzene rings is 1. The Bertz CT molecular complexity index is 533. The van der Waals surface area contributed by atoms with Gasteiger partial charge in [0.2, 0.25) is 0 Å². The molecule has 0 aliphatic rings. The molecule has 122 valence electrons. The molecule has 1 aromatic rings. The predicted octanol–water partition coefficient (Wildman–Crippen LogP) is 2.61. The molecule has 9 heteroatoms. The summed E-state index contributed by atoms with van der Waals surface area (Å²) in [6, 6.07) is 3.89. The fourth-order valence-corrected chi connectivity index (χ4v) is 2.07. The Hall–Kier alpha value is -1.61. The first-order valence-electron chi connectivity index (χ1n) is 6.03. The standard InChI is InChI=1S/C13H13BrF3NO4/c1-22-7-6-18(12(21)13(15,16)17)10(11(19)20)8-2-4-9(14)5-3-8/h2-5,10H,6-7H2,1H3,(H,19,20). The van der Waals surface area contributed by atoms with Gasteiger partial charge in [0.25, 0.3) is 0 Å². The first-order chi connectivity index (χ1) is 10.2. The summed E-state index contributed by atoms with van der Waals surface area (Å²) in [5.74, 6) is -3.78. The maximum atomic E-state index is 12.7. The van der Waals surface area contributed by atoms with Crippen molar-refractivity contribution in [2.24, 2.45) is 0 Å². The lowest BCUT2D eigenvalue weighted by Gasteiger charge is -2.29. The van der Waals surface area contributed by atoms with Crippen LogP contribution in [0.25, 0.3) is 0 Å². The number of hydrogen-bond donors (Lipinski definition) is 1. The lowest BCUT2D eigenvalue weighted by atomic mass is 10.1. The van der Waals surface area contributed by atoms with Gasteiger partial charge in [-0.05, 0) is 17.7 Å². The molecule has 0 heterocycles. The Morgan fingerprint density at radius 3 is 2.27 bits per heavy atom. The molecule has 0 spiro atoms. The summed E-state index contributed by atoms with van der Waals surface area (Å²) in [7, 11) is 1.24. The van der Waals surface area contributed by atoms with Crippen LogP contribution in [0.4, 0.5) is 13.2 Å². The van der Waals surface area contributed by atoms with Gasteiger partial charge in [-0.25, -0.2) is 4.79 Å². The van der Waals surface area contributed by atoms with E-state index >= 15 is 0 Å². The summed E-state index contributed by atoms with van der Waals surface area (Å²) in [4.78, 5) is 23.2. The lowest BCUT2D eigenvalue weighted by Crippen LogP contribution is -2.47. The second-order valence-corrected chi connectivity index (χ2v) is 5.20. The van der Waals surface area contributed by atoms with Crippen LogP contribution >= 0.6 is 15.9 Å². The SMILES string of the molecule is COCCN(C(=O)C(F)(F)F)C(C(=O)O)c1ccc(Br)cc1. The number of carbonyl (C=O) groups is 2. The van der Waals surface area contributed by atoms with E-state index in [0.29, 0.717) is 4.47 Å². The number of nitrogens with zero attached hydrogens (tertiary/aromatic N) is 1. The fourth-order valence-electron chi connectivity index (χ4n) is 1.80. The molecular weight excluding hydrogens is 371 g/mol. The van der Waals surface area contributed by atoms with Crippen molar-refractivity contribution in [1.29, 1.82) is 0 Å². The third-order valence-corrected chi connectivity index (χ3v) is 3.30. The van der Waals surface area contributed by atoms with Crippen molar-refractivity contribution in [1.82, 2.24) is 4.90 Å². The average Bonchev–Trinajstić information content (AvgIpc) is 2.42. The minimum atomic E-state index is -5.17. The number of halogens is 4. The topological polar surface area (TPSA) is 66.8 Å². The predicted molar refractivity (Wildman–Crippen MR) is 74.2 cm³/mol. The molecule has 0 saturated heterocycles. The zero-order valence-corrected chi connectivity index (χ0v) is 13.0. The van der Waals surface area contributed by atoms with E-state index in [0.717, 1.165) is 0 Å². The number of carbonyl (C=O) groups excluding carboxylic acids is 1. The van der Waals surface area contributed by atoms with Crippen LogP contribution < -0.4 is 0 Å². The third-order valence-electron chi connectivity index (χ3n) is 2.77. The smallest absolute Gasteiger partial charge is 0.471 e. The van der Waals surface area contributed by atoms with E-state index in [4.69, 9.17) is 0 Å². The van der Waals surface area contributed by atoms with E-state index in [2.05, 4.69) is 20.7 Å². The highest BCUT2D eigenvalue weighted by molar-refractivity contribution is 9.10. The number of ether oxygens (including phenoxy) is 1. The fraction of sp³-hybridized carbons (Fsp3) is 0.385. The van der Waals surface area contributed by atoms with Crippen LogP contribution in [0.2, 0.25) is 0 Å². The van der Waals surface area contributed by atoms with Gasteiger partial charge < -0.3 is 14.7 Å². The molecule has 5 nitrogen and oxygen atoms in total. The molecule has 1 aromatic carbocycles. The molecule has 1 N–H and O–H groups in total. The number of methoxy groups -OCH3 is 1. The van der Waals surface area contributed by atoms with Crippen molar-refractivity contribution in [2.45, 2.75) is 12.2 Å². The third kappa shape index (κ3) is 4.70. The van der Waals surface area contributed by atoms with E-state index in [9.17, 15) is 27.9 Å². The zero-order chi connectivity index (χ0) is 16.9. The summed E-state index contributed by atoms with van der Waals surface area (Å²) >= 11 is 3.14. The van der Waals surface area contributed by atoms with Gasteiger partial charge in [-0.2, -0.15) is 13.2 Å². The molecule has 0 aliphatic heterocycles. The molecule has 0 aromatic heterocycles. The molecule has 1 unspecified atom stereocenters. The highest BCUT2D eigenvalue weighted by Gasteiger charge is 2.46. The van der Waals surface area contributed by atoms with Crippen molar-refractivity contribution < 1.29 is 32.6 Å². The zero-order valence-electron chi connectivity index (χ0n) is 11.4. The number of aliphatic carboxylic acids is 1. The average molecular weight is 384 g/mol. The van der Waals surface area contributed by atoms with Crippen LogP contribution in [0, 0.1) is 0 Å². The van der Waals surface area contributed by atoms with Gasteiger partial charge >= 0.3 is 18.1 Å². The number of amides is 1. The van der Waals surface area contributed by atoms with Crippen molar-refractivity contribution in [3.63, 3.8) is 0 Å². The van der Waals surface area contributed by atoms with Crippen LogP contribution in [-0.4, -0.2) is 48.3 Å². The summed E-state index contributed by atoms with van der Waals surface area (Å²) in [6.07, 6.45) is -5.17. The molecule has 0 aliphatic carbocycles. The monoisotopic (exact) mass is 383 g/mol.